The zero-order chi connectivity index (χ0) is 20.8. The molecular weight excluding hydrogens is 384 g/mol. The molecule has 1 unspecified atom stereocenters. The summed E-state index contributed by atoms with van der Waals surface area (Å²) >= 11 is 0. The van der Waals surface area contributed by atoms with E-state index in [2.05, 4.69) is 15.0 Å². The molecule has 1 atom stereocenters. The molecule has 3 aromatic rings. The highest BCUT2D eigenvalue weighted by atomic mass is 16.5. The van der Waals surface area contributed by atoms with Crippen molar-refractivity contribution in [1.29, 1.82) is 0 Å². The summed E-state index contributed by atoms with van der Waals surface area (Å²) in [4.78, 5) is 16.9. The molecule has 1 N–H and O–H groups in total. The van der Waals surface area contributed by atoms with E-state index in [0.29, 0.717) is 26.3 Å². The fourth-order valence-electron chi connectivity index (χ4n) is 3.39. The molecule has 2 aromatic carbocycles. The van der Waals surface area contributed by atoms with Gasteiger partial charge >= 0.3 is 5.97 Å². The van der Waals surface area contributed by atoms with Gasteiger partial charge in [0.05, 0.1) is 24.8 Å². The van der Waals surface area contributed by atoms with E-state index < -0.39 is 5.97 Å². The Balaban J connectivity index is 1.30. The number of hydrogen-bond donors (Lipinski definition) is 1. The Morgan fingerprint density at radius 3 is 2.67 bits per heavy atom. The van der Waals surface area contributed by atoms with Crippen molar-refractivity contribution in [2.45, 2.75) is 19.1 Å². The number of carbonyl (C=O) groups is 1. The van der Waals surface area contributed by atoms with Crippen LogP contribution in [0.15, 0.2) is 61.2 Å². The molecule has 156 valence electrons. The normalized spacial score (nSPS) is 17.0. The minimum atomic E-state index is -0.771. The van der Waals surface area contributed by atoms with Crippen molar-refractivity contribution >= 4 is 5.97 Å². The third kappa shape index (κ3) is 5.22. The van der Waals surface area contributed by atoms with E-state index in [1.54, 1.807) is 11.0 Å². The van der Waals surface area contributed by atoms with Crippen LogP contribution in [0.2, 0.25) is 0 Å². The standard InChI is InChI=1S/C22H24N4O4/c27-22(28)9-10-25-11-12-29-21(13-25)18-3-7-20(8-4-18)30-14-17-1-5-19(6-2-17)26-16-23-15-24-26/h1-8,15-16,21H,9-14H2,(H,27,28). The number of hydrogen-bond acceptors (Lipinski definition) is 6. The molecule has 1 fully saturated rings. The number of ether oxygens (including phenoxy) is 2. The largest absolute Gasteiger partial charge is 0.489 e. The zero-order valence-electron chi connectivity index (χ0n) is 16.6. The highest BCUT2D eigenvalue weighted by molar-refractivity contribution is 5.66. The lowest BCUT2D eigenvalue weighted by Gasteiger charge is -2.32. The van der Waals surface area contributed by atoms with Gasteiger partial charge in [0.1, 0.15) is 25.0 Å². The van der Waals surface area contributed by atoms with Gasteiger partial charge in [-0.05, 0) is 35.4 Å². The number of morpholine rings is 1. The van der Waals surface area contributed by atoms with Gasteiger partial charge in [0.15, 0.2) is 0 Å². The molecule has 2 heterocycles. The van der Waals surface area contributed by atoms with Crippen molar-refractivity contribution in [3.05, 3.63) is 72.3 Å². The summed E-state index contributed by atoms with van der Waals surface area (Å²) in [5.41, 5.74) is 3.08. The van der Waals surface area contributed by atoms with E-state index in [1.165, 1.54) is 6.33 Å². The molecular formula is C22H24N4O4. The average Bonchev–Trinajstić information content (AvgIpc) is 3.32. The van der Waals surface area contributed by atoms with Crippen molar-refractivity contribution in [3.8, 4) is 11.4 Å². The van der Waals surface area contributed by atoms with Crippen LogP contribution in [0.1, 0.15) is 23.7 Å². The first kappa shape index (κ1) is 20.1. The van der Waals surface area contributed by atoms with Crippen LogP contribution >= 0.6 is 0 Å². The summed E-state index contributed by atoms with van der Waals surface area (Å²) < 4.78 is 13.5. The minimum absolute atomic E-state index is 0.0501. The molecule has 8 heteroatoms. The average molecular weight is 408 g/mol. The number of rotatable bonds is 8. The zero-order valence-corrected chi connectivity index (χ0v) is 16.6. The maximum atomic E-state index is 10.8. The number of nitrogens with zero attached hydrogens (tertiary/aromatic N) is 4. The fourth-order valence-corrected chi connectivity index (χ4v) is 3.39. The van der Waals surface area contributed by atoms with Gasteiger partial charge in [-0.3, -0.25) is 9.69 Å². The monoisotopic (exact) mass is 408 g/mol. The molecule has 4 rings (SSSR count). The molecule has 0 spiro atoms. The molecule has 1 aromatic heterocycles. The number of aliphatic carboxylic acids is 1. The van der Waals surface area contributed by atoms with E-state index in [1.807, 2.05) is 48.5 Å². The lowest BCUT2D eigenvalue weighted by atomic mass is 10.1. The maximum absolute atomic E-state index is 10.8. The van der Waals surface area contributed by atoms with Gasteiger partial charge in [0, 0.05) is 19.6 Å². The maximum Gasteiger partial charge on any atom is 0.304 e. The molecule has 8 nitrogen and oxygen atoms in total. The number of carboxylic acid groups (broad SMARTS) is 1. The van der Waals surface area contributed by atoms with Gasteiger partial charge in [-0.2, -0.15) is 5.10 Å². The molecule has 1 aliphatic heterocycles. The highest BCUT2D eigenvalue weighted by Crippen LogP contribution is 2.25. The Labute approximate surface area is 174 Å². The fraction of sp³-hybridized carbons (Fsp3) is 0.318. The Morgan fingerprint density at radius 1 is 1.17 bits per heavy atom. The molecule has 0 amide bonds. The number of benzene rings is 2. The van der Waals surface area contributed by atoms with E-state index in [-0.39, 0.29) is 12.5 Å². The molecule has 0 radical (unpaired) electrons. The van der Waals surface area contributed by atoms with Crippen LogP contribution in [0.3, 0.4) is 0 Å². The van der Waals surface area contributed by atoms with Gasteiger partial charge in [-0.1, -0.05) is 24.3 Å². The Morgan fingerprint density at radius 2 is 1.97 bits per heavy atom. The van der Waals surface area contributed by atoms with Crippen LogP contribution in [-0.4, -0.2) is 57.0 Å². The van der Waals surface area contributed by atoms with Crippen LogP contribution in [-0.2, 0) is 16.1 Å². The van der Waals surface area contributed by atoms with Gasteiger partial charge in [0.25, 0.3) is 0 Å². The van der Waals surface area contributed by atoms with E-state index in [4.69, 9.17) is 14.6 Å². The summed E-state index contributed by atoms with van der Waals surface area (Å²) in [5.74, 6) is 0.0187. The van der Waals surface area contributed by atoms with Gasteiger partial charge in [0.2, 0.25) is 0 Å². The van der Waals surface area contributed by atoms with Gasteiger partial charge < -0.3 is 14.6 Å². The third-order valence-electron chi connectivity index (χ3n) is 5.07. The Hall–Kier alpha value is -3.23. The summed E-state index contributed by atoms with van der Waals surface area (Å²) in [6.07, 6.45) is 3.27. The van der Waals surface area contributed by atoms with Crippen LogP contribution in [0.25, 0.3) is 5.69 Å². The van der Waals surface area contributed by atoms with E-state index >= 15 is 0 Å². The number of carboxylic acids is 1. The highest BCUT2D eigenvalue weighted by Gasteiger charge is 2.22. The van der Waals surface area contributed by atoms with Crippen molar-refractivity contribution in [3.63, 3.8) is 0 Å². The molecule has 0 bridgehead atoms. The van der Waals surface area contributed by atoms with Gasteiger partial charge in [-0.25, -0.2) is 9.67 Å². The topological polar surface area (TPSA) is 89.7 Å². The van der Waals surface area contributed by atoms with Crippen molar-refractivity contribution in [2.24, 2.45) is 0 Å². The van der Waals surface area contributed by atoms with Crippen LogP contribution in [0.5, 0.6) is 5.75 Å². The minimum Gasteiger partial charge on any atom is -0.489 e. The first-order valence-electron chi connectivity index (χ1n) is 9.90. The van der Waals surface area contributed by atoms with Crippen LogP contribution in [0.4, 0.5) is 0 Å². The SMILES string of the molecule is O=C(O)CCN1CCOC(c2ccc(OCc3ccc(-n4cncn4)cc3)cc2)C1. The predicted octanol–water partition coefficient (Wildman–Crippen LogP) is 2.69. The first-order chi connectivity index (χ1) is 14.7. The summed E-state index contributed by atoms with van der Waals surface area (Å²) in [6, 6.07) is 15.9. The van der Waals surface area contributed by atoms with E-state index in [9.17, 15) is 4.79 Å². The Kier molecular flexibility index (Phi) is 6.36. The van der Waals surface area contributed by atoms with Crippen LogP contribution in [0, 0.1) is 0 Å². The Bertz CT molecular complexity index is 942. The predicted molar refractivity (Wildman–Crippen MR) is 110 cm³/mol. The lowest BCUT2D eigenvalue weighted by Crippen LogP contribution is -2.39. The molecule has 0 saturated carbocycles. The second-order valence-corrected chi connectivity index (χ2v) is 7.17. The summed E-state index contributed by atoms with van der Waals surface area (Å²) in [6.45, 7) is 3.09. The lowest BCUT2D eigenvalue weighted by molar-refractivity contribution is -0.137. The number of aromatic nitrogens is 3. The van der Waals surface area contributed by atoms with Crippen molar-refractivity contribution in [1.82, 2.24) is 19.7 Å². The summed E-state index contributed by atoms with van der Waals surface area (Å²) in [7, 11) is 0. The smallest absolute Gasteiger partial charge is 0.304 e. The first-order valence-corrected chi connectivity index (χ1v) is 9.90. The van der Waals surface area contributed by atoms with Crippen LogP contribution < -0.4 is 4.74 Å². The summed E-state index contributed by atoms with van der Waals surface area (Å²) in [5, 5.41) is 13.0. The second kappa shape index (κ2) is 9.51. The molecule has 0 aliphatic carbocycles. The third-order valence-corrected chi connectivity index (χ3v) is 5.07. The van der Waals surface area contributed by atoms with Gasteiger partial charge in [-0.15, -0.1) is 0 Å². The quantitative estimate of drug-likeness (QED) is 0.613. The second-order valence-electron chi connectivity index (χ2n) is 7.17. The van der Waals surface area contributed by atoms with Crippen molar-refractivity contribution in [2.75, 3.05) is 26.2 Å². The molecule has 1 saturated heterocycles. The molecule has 1 aliphatic rings. The van der Waals surface area contributed by atoms with E-state index in [0.717, 1.165) is 29.1 Å². The van der Waals surface area contributed by atoms with Crippen molar-refractivity contribution < 1.29 is 19.4 Å². The molecule has 30 heavy (non-hydrogen) atoms.